The monoisotopic (exact) mass is 282 g/mol. The van der Waals surface area contributed by atoms with E-state index in [1.165, 1.54) is 25.7 Å². The van der Waals surface area contributed by atoms with Crippen LogP contribution in [0.5, 0.6) is 0 Å². The van der Waals surface area contributed by atoms with Crippen LogP contribution in [-0.4, -0.2) is 18.0 Å². The zero-order chi connectivity index (χ0) is 8.97. The second-order valence-electron chi connectivity index (χ2n) is 3.28. The van der Waals surface area contributed by atoms with E-state index in [0.29, 0.717) is 16.1 Å². The minimum absolute atomic E-state index is 0.658. The summed E-state index contributed by atoms with van der Waals surface area (Å²) in [5, 5.41) is 9.26. The molecule has 0 spiro atoms. The van der Waals surface area contributed by atoms with Gasteiger partial charge in [0.2, 0.25) is 0 Å². The van der Waals surface area contributed by atoms with Crippen molar-refractivity contribution in [1.82, 2.24) is 0 Å². The van der Waals surface area contributed by atoms with E-state index in [9.17, 15) is 5.11 Å². The maximum atomic E-state index is 9.26. The summed E-state index contributed by atoms with van der Waals surface area (Å²) in [5.41, 5.74) is 0. The average Bonchev–Trinajstić information content (AvgIpc) is 2.51. The second-order valence-corrected chi connectivity index (χ2v) is 4.67. The summed E-state index contributed by atoms with van der Waals surface area (Å²) in [6, 6.07) is 0. The number of aliphatic hydroxyl groups is 1. The molecule has 70 valence electrons. The predicted octanol–water partition coefficient (Wildman–Crippen LogP) is 2.46. The summed E-state index contributed by atoms with van der Waals surface area (Å²) < 4.78 is 5.89. The van der Waals surface area contributed by atoms with Crippen LogP contribution < -0.4 is 0 Å². The fourth-order valence-corrected chi connectivity index (χ4v) is 1.67. The van der Waals surface area contributed by atoms with Crippen LogP contribution in [0.1, 0.15) is 25.7 Å². The summed E-state index contributed by atoms with van der Waals surface area (Å²) in [6.07, 6.45) is 4.36. The summed E-state index contributed by atoms with van der Waals surface area (Å²) in [6.45, 7) is 4.30. The molecule has 12 heavy (non-hydrogen) atoms. The van der Waals surface area contributed by atoms with Gasteiger partial charge in [-0.2, -0.15) is 0 Å². The molecule has 1 N–H and O–H groups in total. The summed E-state index contributed by atoms with van der Waals surface area (Å²) in [4.78, 5) is 0. The van der Waals surface area contributed by atoms with Crippen molar-refractivity contribution in [3.8, 4) is 0 Å². The highest BCUT2D eigenvalue weighted by atomic mass is 127. The van der Waals surface area contributed by atoms with Crippen LogP contribution in [0.15, 0.2) is 10.2 Å². The topological polar surface area (TPSA) is 29.5 Å². The third kappa shape index (κ3) is 3.41. The highest BCUT2D eigenvalue weighted by Crippen LogP contribution is 2.25. The second kappa shape index (κ2) is 5.19. The Kier molecular flexibility index (Phi) is 4.53. The van der Waals surface area contributed by atoms with Gasteiger partial charge in [0.05, 0.1) is 6.61 Å². The van der Waals surface area contributed by atoms with Gasteiger partial charge in [0.1, 0.15) is 0 Å². The molecule has 0 radical (unpaired) electrons. The van der Waals surface area contributed by atoms with Crippen molar-refractivity contribution in [2.24, 2.45) is 5.92 Å². The zero-order valence-corrected chi connectivity index (χ0v) is 9.29. The first kappa shape index (κ1) is 10.5. The van der Waals surface area contributed by atoms with Crippen molar-refractivity contribution >= 4 is 22.6 Å². The first-order chi connectivity index (χ1) is 5.70. The minimum Gasteiger partial charge on any atom is -0.364 e. The number of aliphatic hydroxyl groups excluding tert-OH is 1. The number of rotatable bonds is 4. The Bertz CT molecular complexity index is 153. The van der Waals surface area contributed by atoms with Crippen molar-refractivity contribution in [1.29, 1.82) is 0 Å². The van der Waals surface area contributed by atoms with Gasteiger partial charge in [-0.25, -0.2) is 0 Å². The van der Waals surface area contributed by atoms with Crippen LogP contribution >= 0.6 is 22.6 Å². The van der Waals surface area contributed by atoms with Crippen LogP contribution in [0.3, 0.4) is 0 Å². The molecule has 0 aliphatic heterocycles. The lowest BCUT2D eigenvalue weighted by molar-refractivity contribution is -0.0767. The Morgan fingerprint density at radius 1 is 1.58 bits per heavy atom. The predicted molar refractivity (Wildman–Crippen MR) is 57.1 cm³/mol. The molecule has 1 unspecified atom stereocenters. The molecule has 0 heterocycles. The Balaban J connectivity index is 2.11. The molecular formula is C9H15IO2. The third-order valence-electron chi connectivity index (χ3n) is 2.23. The normalized spacial score (nSPS) is 21.2. The Hall–Kier alpha value is 0.390. The quantitative estimate of drug-likeness (QED) is 0.634. The molecule has 1 aliphatic carbocycles. The molecule has 0 aromatic carbocycles. The van der Waals surface area contributed by atoms with Gasteiger partial charge < -0.3 is 9.84 Å². The van der Waals surface area contributed by atoms with Gasteiger partial charge in [0.15, 0.2) is 6.29 Å². The lowest BCUT2D eigenvalue weighted by atomic mass is 10.1. The van der Waals surface area contributed by atoms with Crippen molar-refractivity contribution in [3.05, 3.63) is 10.2 Å². The molecule has 1 saturated carbocycles. The number of hydrogen-bond donors (Lipinski definition) is 1. The van der Waals surface area contributed by atoms with E-state index < -0.39 is 6.29 Å². The molecule has 1 fully saturated rings. The van der Waals surface area contributed by atoms with Crippen LogP contribution in [0, 0.1) is 5.92 Å². The Morgan fingerprint density at radius 2 is 2.17 bits per heavy atom. The summed E-state index contributed by atoms with van der Waals surface area (Å²) in [5.74, 6) is 0.662. The highest BCUT2D eigenvalue weighted by molar-refractivity contribution is 14.1. The lowest BCUT2D eigenvalue weighted by Gasteiger charge is -2.13. The van der Waals surface area contributed by atoms with Crippen molar-refractivity contribution in [2.75, 3.05) is 6.61 Å². The van der Waals surface area contributed by atoms with E-state index in [0.717, 1.165) is 0 Å². The molecule has 0 amide bonds. The molecule has 2 nitrogen and oxygen atoms in total. The molecule has 1 aliphatic rings. The van der Waals surface area contributed by atoms with Crippen LogP contribution in [0.25, 0.3) is 0 Å². The first-order valence-corrected chi connectivity index (χ1v) is 5.42. The zero-order valence-electron chi connectivity index (χ0n) is 7.13. The van der Waals surface area contributed by atoms with E-state index in [-0.39, 0.29) is 0 Å². The average molecular weight is 282 g/mol. The molecule has 0 bridgehead atoms. The Labute approximate surface area is 87.1 Å². The molecule has 0 aromatic heterocycles. The molecule has 1 atom stereocenters. The third-order valence-corrected chi connectivity index (χ3v) is 2.77. The van der Waals surface area contributed by atoms with E-state index in [4.69, 9.17) is 4.74 Å². The van der Waals surface area contributed by atoms with Crippen molar-refractivity contribution < 1.29 is 9.84 Å². The number of halogens is 1. The van der Waals surface area contributed by atoms with Crippen molar-refractivity contribution in [3.63, 3.8) is 0 Å². The van der Waals surface area contributed by atoms with Gasteiger partial charge in [-0.05, 0) is 41.4 Å². The standard InChI is InChI=1S/C9H15IO2/c1-7(10)9(11)12-6-8-4-2-3-5-8/h8-9,11H,1-6H2. The molecule has 0 saturated heterocycles. The molecule has 3 heteroatoms. The van der Waals surface area contributed by atoms with Gasteiger partial charge >= 0.3 is 0 Å². The van der Waals surface area contributed by atoms with Gasteiger partial charge in [0.25, 0.3) is 0 Å². The fraction of sp³-hybridized carbons (Fsp3) is 0.778. The Morgan fingerprint density at radius 3 is 2.67 bits per heavy atom. The smallest absolute Gasteiger partial charge is 0.186 e. The summed E-state index contributed by atoms with van der Waals surface area (Å²) >= 11 is 1.99. The SMILES string of the molecule is C=C(I)C(O)OCC1CCCC1. The maximum absolute atomic E-state index is 9.26. The first-order valence-electron chi connectivity index (χ1n) is 4.34. The highest BCUT2D eigenvalue weighted by Gasteiger charge is 2.16. The lowest BCUT2D eigenvalue weighted by Crippen LogP contribution is -2.16. The van der Waals surface area contributed by atoms with Gasteiger partial charge in [-0.3, -0.25) is 0 Å². The van der Waals surface area contributed by atoms with Gasteiger partial charge in [0, 0.05) is 3.58 Å². The van der Waals surface area contributed by atoms with E-state index in [1.807, 2.05) is 22.6 Å². The van der Waals surface area contributed by atoms with Crippen LogP contribution in [-0.2, 0) is 4.74 Å². The van der Waals surface area contributed by atoms with Crippen molar-refractivity contribution in [2.45, 2.75) is 32.0 Å². The van der Waals surface area contributed by atoms with Gasteiger partial charge in [-0.1, -0.05) is 19.4 Å². The van der Waals surface area contributed by atoms with E-state index >= 15 is 0 Å². The van der Waals surface area contributed by atoms with E-state index in [2.05, 4.69) is 6.58 Å². The molecule has 0 aromatic rings. The van der Waals surface area contributed by atoms with Crippen LogP contribution in [0.2, 0.25) is 0 Å². The fourth-order valence-electron chi connectivity index (χ4n) is 1.49. The number of ether oxygens (including phenoxy) is 1. The van der Waals surface area contributed by atoms with E-state index in [1.54, 1.807) is 0 Å². The maximum Gasteiger partial charge on any atom is 0.186 e. The molecular weight excluding hydrogens is 267 g/mol. The van der Waals surface area contributed by atoms with Gasteiger partial charge in [-0.15, -0.1) is 0 Å². The van der Waals surface area contributed by atoms with Crippen LogP contribution in [0.4, 0.5) is 0 Å². The largest absolute Gasteiger partial charge is 0.364 e. The minimum atomic E-state index is -0.772. The molecule has 1 rings (SSSR count). The number of hydrogen-bond acceptors (Lipinski definition) is 2. The summed E-state index contributed by atoms with van der Waals surface area (Å²) in [7, 11) is 0.